The summed E-state index contributed by atoms with van der Waals surface area (Å²) >= 11 is 0. The lowest BCUT2D eigenvalue weighted by Crippen LogP contribution is -2.43. The Morgan fingerprint density at radius 2 is 1.71 bits per heavy atom. The first-order valence-corrected chi connectivity index (χ1v) is 9.23. The second-order valence-corrected chi connectivity index (χ2v) is 7.06. The number of nitrogens with one attached hydrogen (secondary N) is 1. The molecule has 0 saturated heterocycles. The van der Waals surface area contributed by atoms with Gasteiger partial charge in [-0.15, -0.1) is 0 Å². The van der Waals surface area contributed by atoms with Crippen molar-refractivity contribution in [2.45, 2.75) is 39.3 Å². The largest absolute Gasteiger partial charge is 0.478 e. The van der Waals surface area contributed by atoms with Crippen molar-refractivity contribution in [1.29, 1.82) is 0 Å². The maximum absolute atomic E-state index is 13.1. The molecule has 1 aromatic heterocycles. The third kappa shape index (κ3) is 4.76. The minimum atomic E-state index is -1.14. The summed E-state index contributed by atoms with van der Waals surface area (Å²) in [7, 11) is 0. The Morgan fingerprint density at radius 1 is 1.07 bits per heavy atom. The Bertz CT molecular complexity index is 931. The Kier molecular flexibility index (Phi) is 5.78. The van der Waals surface area contributed by atoms with Gasteiger partial charge in [-0.25, -0.2) is 9.07 Å². The van der Waals surface area contributed by atoms with Gasteiger partial charge in [0.2, 0.25) is 0 Å². The fraction of sp³-hybridized carbons (Fsp3) is 0.273. The summed E-state index contributed by atoms with van der Waals surface area (Å²) in [5.41, 5.74) is 1.23. The smallest absolute Gasteiger partial charge is 0.269 e. The van der Waals surface area contributed by atoms with Gasteiger partial charge in [-0.3, -0.25) is 4.79 Å². The molecule has 0 bridgehead atoms. The van der Waals surface area contributed by atoms with E-state index in [0.717, 1.165) is 12.0 Å². The topological polar surface area (TPSA) is 56.2 Å². The number of carbonyl (C=O) groups excluding carboxylic acids is 1. The van der Waals surface area contributed by atoms with Gasteiger partial charge in [0.15, 0.2) is 5.60 Å². The third-order valence-corrected chi connectivity index (χ3v) is 4.46. The van der Waals surface area contributed by atoms with Crippen LogP contribution in [0.5, 0.6) is 5.75 Å². The van der Waals surface area contributed by atoms with Crippen LogP contribution in [0.2, 0.25) is 0 Å². The molecular formula is C22H24FN3O2. The van der Waals surface area contributed by atoms with Crippen LogP contribution in [-0.2, 0) is 17.8 Å². The molecule has 1 N–H and O–H groups in total. The average Bonchev–Trinajstić information content (AvgIpc) is 3.10. The highest BCUT2D eigenvalue weighted by molar-refractivity contribution is 5.96. The van der Waals surface area contributed by atoms with Gasteiger partial charge in [-0.05, 0) is 55.7 Å². The van der Waals surface area contributed by atoms with E-state index in [1.54, 1.807) is 30.8 Å². The van der Waals surface area contributed by atoms with E-state index in [1.807, 2.05) is 0 Å². The van der Waals surface area contributed by atoms with Crippen LogP contribution in [0.3, 0.4) is 0 Å². The highest BCUT2D eigenvalue weighted by atomic mass is 19.1. The molecule has 2 aromatic carbocycles. The van der Waals surface area contributed by atoms with Gasteiger partial charge in [0.05, 0.1) is 12.7 Å². The van der Waals surface area contributed by atoms with Crippen LogP contribution in [0.25, 0.3) is 0 Å². The molecule has 0 aliphatic carbocycles. The molecule has 0 aliphatic rings. The van der Waals surface area contributed by atoms with E-state index in [2.05, 4.69) is 41.6 Å². The van der Waals surface area contributed by atoms with Crippen molar-refractivity contribution in [2.75, 3.05) is 5.32 Å². The van der Waals surface area contributed by atoms with Crippen molar-refractivity contribution < 1.29 is 13.9 Å². The number of ether oxygens (including phenoxy) is 1. The lowest BCUT2D eigenvalue weighted by molar-refractivity contribution is -0.128. The van der Waals surface area contributed by atoms with Crippen LogP contribution in [0.1, 0.15) is 31.9 Å². The molecule has 1 heterocycles. The minimum absolute atomic E-state index is 0.320. The summed E-state index contributed by atoms with van der Waals surface area (Å²) in [5, 5.41) is 7.17. The van der Waals surface area contributed by atoms with Crippen molar-refractivity contribution in [3.05, 3.63) is 77.7 Å². The van der Waals surface area contributed by atoms with Gasteiger partial charge in [0.1, 0.15) is 17.4 Å². The number of amides is 1. The van der Waals surface area contributed by atoms with E-state index in [-0.39, 0.29) is 11.7 Å². The number of rotatable bonds is 7. The zero-order valence-electron chi connectivity index (χ0n) is 16.3. The molecule has 28 heavy (non-hydrogen) atoms. The summed E-state index contributed by atoms with van der Waals surface area (Å²) in [6, 6.07) is 15.6. The van der Waals surface area contributed by atoms with Crippen molar-refractivity contribution in [3.63, 3.8) is 0 Å². The Balaban J connectivity index is 1.68. The summed E-state index contributed by atoms with van der Waals surface area (Å²) in [6.45, 7) is 5.99. The molecular weight excluding hydrogens is 357 g/mol. The standard InChI is InChI=1S/C22H24FN3O2/c1-4-16-5-7-17(8-6-16)15-26-20(13-14-24-26)25-21(27)22(2,3)28-19-11-9-18(23)10-12-19/h5-14H,4,15H2,1-3H3,(H,25,27). The third-order valence-electron chi connectivity index (χ3n) is 4.46. The van der Waals surface area contributed by atoms with E-state index in [4.69, 9.17) is 4.74 Å². The van der Waals surface area contributed by atoms with Gasteiger partial charge >= 0.3 is 0 Å². The second-order valence-electron chi connectivity index (χ2n) is 7.06. The fourth-order valence-electron chi connectivity index (χ4n) is 2.73. The van der Waals surface area contributed by atoms with Gasteiger partial charge in [-0.2, -0.15) is 5.10 Å². The van der Waals surface area contributed by atoms with Crippen molar-refractivity contribution in [1.82, 2.24) is 9.78 Å². The van der Waals surface area contributed by atoms with Crippen LogP contribution in [0.15, 0.2) is 60.8 Å². The quantitative estimate of drug-likeness (QED) is 0.659. The first-order chi connectivity index (χ1) is 13.4. The predicted molar refractivity (Wildman–Crippen MR) is 107 cm³/mol. The first kappa shape index (κ1) is 19.6. The molecule has 0 aliphatic heterocycles. The Labute approximate surface area is 164 Å². The van der Waals surface area contributed by atoms with E-state index in [1.165, 1.54) is 29.8 Å². The van der Waals surface area contributed by atoms with Crippen molar-refractivity contribution >= 4 is 11.7 Å². The van der Waals surface area contributed by atoms with E-state index >= 15 is 0 Å². The van der Waals surface area contributed by atoms with Crippen LogP contribution < -0.4 is 10.1 Å². The lowest BCUT2D eigenvalue weighted by atomic mass is 10.1. The van der Waals surface area contributed by atoms with Gasteiger partial charge in [-0.1, -0.05) is 31.2 Å². The second kappa shape index (κ2) is 8.25. The SMILES string of the molecule is CCc1ccc(Cn2nccc2NC(=O)C(C)(C)Oc2ccc(F)cc2)cc1. The van der Waals surface area contributed by atoms with E-state index in [9.17, 15) is 9.18 Å². The van der Waals surface area contributed by atoms with Crippen LogP contribution in [-0.4, -0.2) is 21.3 Å². The highest BCUT2D eigenvalue weighted by Crippen LogP contribution is 2.21. The molecule has 146 valence electrons. The molecule has 0 unspecified atom stereocenters. The molecule has 5 nitrogen and oxygen atoms in total. The average molecular weight is 381 g/mol. The van der Waals surface area contributed by atoms with Crippen LogP contribution >= 0.6 is 0 Å². The zero-order valence-corrected chi connectivity index (χ0v) is 16.3. The number of hydrogen-bond acceptors (Lipinski definition) is 3. The van der Waals surface area contributed by atoms with Gasteiger partial charge in [0, 0.05) is 6.07 Å². The zero-order chi connectivity index (χ0) is 20.1. The molecule has 0 spiro atoms. The number of nitrogens with zero attached hydrogens (tertiary/aromatic N) is 2. The fourth-order valence-corrected chi connectivity index (χ4v) is 2.73. The van der Waals surface area contributed by atoms with Crippen LogP contribution in [0, 0.1) is 5.82 Å². The highest BCUT2D eigenvalue weighted by Gasteiger charge is 2.30. The molecule has 3 aromatic rings. The Hall–Kier alpha value is -3.15. The summed E-state index contributed by atoms with van der Waals surface area (Å²) < 4.78 is 20.5. The number of benzene rings is 2. The van der Waals surface area contributed by atoms with Crippen molar-refractivity contribution in [3.8, 4) is 5.75 Å². The minimum Gasteiger partial charge on any atom is -0.478 e. The maximum atomic E-state index is 13.1. The summed E-state index contributed by atoms with van der Waals surface area (Å²) in [4.78, 5) is 12.7. The molecule has 6 heteroatoms. The number of anilines is 1. The van der Waals surface area contributed by atoms with E-state index in [0.29, 0.717) is 18.1 Å². The normalized spacial score (nSPS) is 11.3. The number of halogens is 1. The molecule has 3 rings (SSSR count). The summed E-state index contributed by atoms with van der Waals surface area (Å²) in [6.07, 6.45) is 2.64. The lowest BCUT2D eigenvalue weighted by Gasteiger charge is -2.25. The van der Waals surface area contributed by atoms with E-state index < -0.39 is 5.60 Å². The molecule has 0 atom stereocenters. The number of aromatic nitrogens is 2. The first-order valence-electron chi connectivity index (χ1n) is 9.23. The van der Waals surface area contributed by atoms with Gasteiger partial charge < -0.3 is 10.1 Å². The van der Waals surface area contributed by atoms with Crippen LogP contribution in [0.4, 0.5) is 10.2 Å². The monoisotopic (exact) mass is 381 g/mol. The predicted octanol–water partition coefficient (Wildman–Crippen LogP) is 4.43. The number of carbonyl (C=O) groups is 1. The number of aryl methyl sites for hydroxylation is 1. The van der Waals surface area contributed by atoms with Crippen molar-refractivity contribution in [2.24, 2.45) is 0 Å². The maximum Gasteiger partial charge on any atom is 0.269 e. The summed E-state index contributed by atoms with van der Waals surface area (Å²) in [5.74, 6) is 0.330. The number of hydrogen-bond donors (Lipinski definition) is 1. The Morgan fingerprint density at radius 3 is 2.36 bits per heavy atom. The molecule has 1 amide bonds. The molecule has 0 saturated carbocycles. The molecule has 0 radical (unpaired) electrons. The van der Waals surface area contributed by atoms with Gasteiger partial charge in [0.25, 0.3) is 5.91 Å². The molecule has 0 fully saturated rings.